The average Bonchev–Trinajstić information content (AvgIpc) is 2.56. The summed E-state index contributed by atoms with van der Waals surface area (Å²) in [6, 6.07) is 3.38. The quantitative estimate of drug-likeness (QED) is 0.783. The Bertz CT molecular complexity index is 519. The van der Waals surface area contributed by atoms with Gasteiger partial charge >= 0.3 is 5.97 Å². The van der Waals surface area contributed by atoms with Crippen molar-refractivity contribution < 1.29 is 9.90 Å². The van der Waals surface area contributed by atoms with Crippen molar-refractivity contribution in [3.8, 4) is 0 Å². The molecule has 2 heterocycles. The summed E-state index contributed by atoms with van der Waals surface area (Å²) in [6.07, 6.45) is 1.46. The lowest BCUT2D eigenvalue weighted by atomic mass is 10.4. The van der Waals surface area contributed by atoms with E-state index in [0.717, 1.165) is 5.69 Å². The Kier molecular flexibility index (Phi) is 1.93. The smallest absolute Gasteiger partial charge is 0.356 e. The van der Waals surface area contributed by atoms with E-state index in [1.165, 1.54) is 6.20 Å². The molecular weight excluding hydrogens is 204 g/mol. The fourth-order valence-corrected chi connectivity index (χ4v) is 1.42. The van der Waals surface area contributed by atoms with Crippen LogP contribution < -0.4 is 0 Å². The van der Waals surface area contributed by atoms with Crippen molar-refractivity contribution >= 4 is 23.2 Å². The van der Waals surface area contributed by atoms with E-state index in [1.54, 1.807) is 16.5 Å². The average molecular weight is 211 g/mol. The number of carboxylic acids is 1. The Hall–Kier alpha value is -1.55. The molecule has 0 aliphatic heterocycles. The van der Waals surface area contributed by atoms with Gasteiger partial charge in [-0.3, -0.25) is 0 Å². The van der Waals surface area contributed by atoms with Gasteiger partial charge in [0.2, 0.25) is 0 Å². The van der Waals surface area contributed by atoms with Crippen LogP contribution in [0.4, 0.5) is 0 Å². The van der Waals surface area contributed by atoms with Gasteiger partial charge in [-0.15, -0.1) is 0 Å². The van der Waals surface area contributed by atoms with Gasteiger partial charge in [0, 0.05) is 11.9 Å². The minimum Gasteiger partial charge on any atom is -0.476 e. The maximum atomic E-state index is 10.7. The van der Waals surface area contributed by atoms with Gasteiger partial charge in [0.25, 0.3) is 0 Å². The van der Waals surface area contributed by atoms with Gasteiger partial charge < -0.3 is 9.51 Å². The zero-order chi connectivity index (χ0) is 10.3. The van der Waals surface area contributed by atoms with E-state index in [4.69, 9.17) is 16.7 Å². The number of carbonyl (C=O) groups is 1. The van der Waals surface area contributed by atoms with Crippen LogP contribution in [0.3, 0.4) is 0 Å². The Balaban J connectivity index is 2.77. The first-order valence-electron chi connectivity index (χ1n) is 3.97. The molecule has 0 atom stereocenters. The number of fused-ring (bicyclic) bond motifs is 1. The van der Waals surface area contributed by atoms with Gasteiger partial charge in [-0.25, -0.2) is 9.78 Å². The highest BCUT2D eigenvalue weighted by Gasteiger charge is 2.10. The highest BCUT2D eigenvalue weighted by molar-refractivity contribution is 6.31. The van der Waals surface area contributed by atoms with Gasteiger partial charge in [0.15, 0.2) is 5.69 Å². The van der Waals surface area contributed by atoms with E-state index in [-0.39, 0.29) is 5.69 Å². The zero-order valence-electron chi connectivity index (χ0n) is 7.36. The van der Waals surface area contributed by atoms with Crippen molar-refractivity contribution in [2.24, 2.45) is 0 Å². The molecule has 0 bridgehead atoms. The molecule has 4 nitrogen and oxygen atoms in total. The third-order valence-electron chi connectivity index (χ3n) is 2.04. The highest BCUT2D eigenvalue weighted by Crippen LogP contribution is 2.17. The van der Waals surface area contributed by atoms with Gasteiger partial charge in [0.1, 0.15) is 5.65 Å². The van der Waals surface area contributed by atoms with Gasteiger partial charge in [0.05, 0.1) is 5.02 Å². The third kappa shape index (κ3) is 1.24. The molecule has 0 aliphatic rings. The summed E-state index contributed by atoms with van der Waals surface area (Å²) in [5.74, 6) is -1.04. The molecule has 0 saturated heterocycles. The van der Waals surface area contributed by atoms with Gasteiger partial charge in [-0.1, -0.05) is 11.6 Å². The third-order valence-corrected chi connectivity index (χ3v) is 2.44. The lowest BCUT2D eigenvalue weighted by molar-refractivity contribution is 0.0691. The lowest BCUT2D eigenvalue weighted by Crippen LogP contribution is -1.95. The van der Waals surface area contributed by atoms with Crippen LogP contribution in [-0.2, 0) is 0 Å². The van der Waals surface area contributed by atoms with E-state index in [2.05, 4.69) is 4.98 Å². The number of pyridine rings is 1. The molecule has 0 aromatic carbocycles. The second-order valence-corrected chi connectivity index (χ2v) is 3.33. The molecule has 0 aliphatic carbocycles. The lowest BCUT2D eigenvalue weighted by Gasteiger charge is -2.00. The number of aryl methyl sites for hydroxylation is 1. The molecule has 0 unspecified atom stereocenters. The zero-order valence-corrected chi connectivity index (χ0v) is 8.12. The van der Waals surface area contributed by atoms with Crippen LogP contribution in [0.1, 0.15) is 16.2 Å². The van der Waals surface area contributed by atoms with Crippen LogP contribution in [0.25, 0.3) is 5.65 Å². The van der Waals surface area contributed by atoms with Gasteiger partial charge in [-0.2, -0.15) is 0 Å². The summed E-state index contributed by atoms with van der Waals surface area (Å²) in [5.41, 5.74) is 1.39. The molecule has 14 heavy (non-hydrogen) atoms. The maximum Gasteiger partial charge on any atom is 0.356 e. The fraction of sp³-hybridized carbons (Fsp3) is 0.111. The molecule has 2 rings (SSSR count). The summed E-state index contributed by atoms with van der Waals surface area (Å²) in [4.78, 5) is 14.6. The summed E-state index contributed by atoms with van der Waals surface area (Å²) in [6.45, 7) is 1.81. The molecule has 5 heteroatoms. The maximum absolute atomic E-state index is 10.7. The van der Waals surface area contributed by atoms with E-state index in [0.29, 0.717) is 10.7 Å². The molecule has 2 aromatic rings. The van der Waals surface area contributed by atoms with Gasteiger partial charge in [-0.05, 0) is 19.1 Å². The highest BCUT2D eigenvalue weighted by atomic mass is 35.5. The van der Waals surface area contributed by atoms with Crippen LogP contribution in [0, 0.1) is 6.92 Å². The molecule has 0 spiro atoms. The predicted octanol–water partition coefficient (Wildman–Crippen LogP) is 1.99. The largest absolute Gasteiger partial charge is 0.476 e. The minimum atomic E-state index is -1.04. The van der Waals surface area contributed by atoms with Crippen LogP contribution in [0.15, 0.2) is 18.3 Å². The standard InChI is InChI=1S/C9H7ClN2O2/c1-5-6(10)2-3-8-11-7(9(13)14)4-12(5)8/h2-4H,1H3,(H,13,14). The van der Waals surface area contributed by atoms with Crippen molar-refractivity contribution in [1.29, 1.82) is 0 Å². The summed E-state index contributed by atoms with van der Waals surface area (Å²) in [7, 11) is 0. The van der Waals surface area contributed by atoms with Crippen molar-refractivity contribution in [3.05, 3.63) is 34.7 Å². The number of hydrogen-bond donors (Lipinski definition) is 1. The number of hydrogen-bond acceptors (Lipinski definition) is 2. The Morgan fingerprint density at radius 2 is 2.29 bits per heavy atom. The number of imidazole rings is 1. The first-order chi connectivity index (χ1) is 6.59. The van der Waals surface area contributed by atoms with Crippen molar-refractivity contribution in [2.75, 3.05) is 0 Å². The molecule has 0 radical (unpaired) electrons. The molecule has 2 aromatic heterocycles. The summed E-state index contributed by atoms with van der Waals surface area (Å²) < 4.78 is 1.66. The normalized spacial score (nSPS) is 10.7. The number of aromatic carboxylic acids is 1. The topological polar surface area (TPSA) is 54.6 Å². The SMILES string of the molecule is Cc1c(Cl)ccc2nc(C(=O)O)cn12. The Labute approximate surface area is 84.8 Å². The Morgan fingerprint density at radius 3 is 2.93 bits per heavy atom. The summed E-state index contributed by atoms with van der Waals surface area (Å²) in [5, 5.41) is 9.33. The van der Waals surface area contributed by atoms with E-state index < -0.39 is 5.97 Å². The second-order valence-electron chi connectivity index (χ2n) is 2.93. The molecule has 1 N–H and O–H groups in total. The molecule has 0 amide bonds. The molecule has 0 fully saturated rings. The van der Waals surface area contributed by atoms with Crippen LogP contribution in [0.5, 0.6) is 0 Å². The first-order valence-corrected chi connectivity index (χ1v) is 4.35. The molecular formula is C9H7ClN2O2. The summed E-state index contributed by atoms with van der Waals surface area (Å²) >= 11 is 5.88. The number of rotatable bonds is 1. The number of nitrogens with zero attached hydrogens (tertiary/aromatic N) is 2. The van der Waals surface area contributed by atoms with Crippen molar-refractivity contribution in [1.82, 2.24) is 9.38 Å². The molecule has 72 valence electrons. The van der Waals surface area contributed by atoms with Crippen molar-refractivity contribution in [2.45, 2.75) is 6.92 Å². The fourth-order valence-electron chi connectivity index (χ4n) is 1.27. The van der Waals surface area contributed by atoms with Crippen LogP contribution in [-0.4, -0.2) is 20.5 Å². The van der Waals surface area contributed by atoms with Crippen molar-refractivity contribution in [3.63, 3.8) is 0 Å². The van der Waals surface area contributed by atoms with E-state index in [9.17, 15) is 4.79 Å². The minimum absolute atomic E-state index is 0.0235. The Morgan fingerprint density at radius 1 is 1.57 bits per heavy atom. The van der Waals surface area contributed by atoms with E-state index in [1.807, 2.05) is 6.92 Å². The number of halogens is 1. The monoisotopic (exact) mass is 210 g/mol. The molecule has 0 saturated carbocycles. The van der Waals surface area contributed by atoms with Crippen LogP contribution >= 0.6 is 11.6 Å². The predicted molar refractivity (Wildman–Crippen MR) is 51.9 cm³/mol. The number of aromatic nitrogens is 2. The van der Waals surface area contributed by atoms with E-state index >= 15 is 0 Å². The van der Waals surface area contributed by atoms with Crippen LogP contribution in [0.2, 0.25) is 5.02 Å². The first kappa shape index (κ1) is 9.02. The number of carboxylic acid groups (broad SMARTS) is 1. The second kappa shape index (κ2) is 2.99.